The van der Waals surface area contributed by atoms with Crippen molar-refractivity contribution in [3.63, 3.8) is 0 Å². The Morgan fingerprint density at radius 3 is 2.53 bits per heavy atom. The molecule has 1 heterocycles. The van der Waals surface area contributed by atoms with Gasteiger partial charge in [-0.1, -0.05) is 37.6 Å². The van der Waals surface area contributed by atoms with Crippen LogP contribution < -0.4 is 10.6 Å². The Balaban J connectivity index is 1.67. The first-order valence-electron chi connectivity index (χ1n) is 11.6. The van der Waals surface area contributed by atoms with Gasteiger partial charge in [0.2, 0.25) is 5.91 Å². The fourth-order valence-electron chi connectivity index (χ4n) is 4.36. The second-order valence-corrected chi connectivity index (χ2v) is 10.3. The van der Waals surface area contributed by atoms with Gasteiger partial charge in [-0.15, -0.1) is 11.3 Å². The van der Waals surface area contributed by atoms with Crippen LogP contribution >= 0.6 is 22.9 Å². The second-order valence-electron chi connectivity index (χ2n) is 8.74. The van der Waals surface area contributed by atoms with Crippen molar-refractivity contribution in [3.05, 3.63) is 50.9 Å². The molecule has 0 spiro atoms. The first-order valence-corrected chi connectivity index (χ1v) is 12.8. The zero-order chi connectivity index (χ0) is 24.9. The molecule has 2 N–H and O–H groups in total. The number of halogens is 4. The highest BCUT2D eigenvalue weighted by Crippen LogP contribution is 2.38. The number of nitrogens with zero attached hydrogens (tertiary/aromatic N) is 1. The Bertz CT molecular complexity index is 1030. The Morgan fingerprint density at radius 2 is 1.94 bits per heavy atom. The number of rotatable bonds is 9. The number of benzene rings is 1. The number of thiophene rings is 1. The maximum absolute atomic E-state index is 13.7. The molecule has 0 bridgehead atoms. The Kier molecular flexibility index (Phi) is 9.02. The number of nitrogens with one attached hydrogen (secondary N) is 2. The average molecular weight is 512 g/mol. The summed E-state index contributed by atoms with van der Waals surface area (Å²) in [6, 6.07) is 8.55. The lowest BCUT2D eigenvalue weighted by Crippen LogP contribution is -2.42. The summed E-state index contributed by atoms with van der Waals surface area (Å²) in [6.07, 6.45) is -1.22. The van der Waals surface area contributed by atoms with Crippen molar-refractivity contribution in [1.82, 2.24) is 5.32 Å². The third-order valence-electron chi connectivity index (χ3n) is 6.48. The molecule has 1 aromatic heterocycles. The molecule has 1 aliphatic carbocycles. The zero-order valence-corrected chi connectivity index (χ0v) is 20.8. The van der Waals surface area contributed by atoms with E-state index in [1.165, 1.54) is 11.3 Å². The Morgan fingerprint density at radius 1 is 1.26 bits per heavy atom. The van der Waals surface area contributed by atoms with E-state index in [0.29, 0.717) is 40.4 Å². The van der Waals surface area contributed by atoms with E-state index in [1.807, 2.05) is 13.8 Å². The monoisotopic (exact) mass is 511 g/mol. The van der Waals surface area contributed by atoms with E-state index in [4.69, 9.17) is 11.6 Å². The van der Waals surface area contributed by atoms with Crippen LogP contribution in [0.2, 0.25) is 5.02 Å². The molecule has 2 atom stereocenters. The number of hydrogen-bond acceptors (Lipinski definition) is 4. The SMILES string of the molecule is CCC(CC)C(=O)Nc1sc2c(c1C#N)CCC(NCC(Cc1ccc(Cl)cc1)C(F)(F)F)C2. The molecule has 1 amide bonds. The second kappa shape index (κ2) is 11.6. The van der Waals surface area contributed by atoms with Crippen LogP contribution in [0.4, 0.5) is 18.2 Å². The summed E-state index contributed by atoms with van der Waals surface area (Å²) in [7, 11) is 0. The molecule has 0 saturated carbocycles. The molecule has 184 valence electrons. The molecule has 9 heteroatoms. The number of carbonyl (C=O) groups excluding carboxylic acids is 1. The van der Waals surface area contributed by atoms with Crippen molar-refractivity contribution in [1.29, 1.82) is 5.26 Å². The van der Waals surface area contributed by atoms with Crippen LogP contribution in [-0.4, -0.2) is 24.7 Å². The summed E-state index contributed by atoms with van der Waals surface area (Å²) < 4.78 is 41.1. The van der Waals surface area contributed by atoms with Gasteiger partial charge in [0.1, 0.15) is 11.1 Å². The van der Waals surface area contributed by atoms with Crippen LogP contribution in [0.3, 0.4) is 0 Å². The summed E-state index contributed by atoms with van der Waals surface area (Å²) >= 11 is 7.22. The normalized spacial score (nSPS) is 16.7. The van der Waals surface area contributed by atoms with Gasteiger partial charge >= 0.3 is 6.18 Å². The molecular formula is C25H29ClF3N3OS. The highest BCUT2D eigenvalue weighted by Gasteiger charge is 2.39. The van der Waals surface area contributed by atoms with Crippen molar-refractivity contribution in [2.75, 3.05) is 11.9 Å². The van der Waals surface area contributed by atoms with Crippen LogP contribution in [0.25, 0.3) is 0 Å². The fraction of sp³-hybridized carbons (Fsp3) is 0.520. The van der Waals surface area contributed by atoms with Crippen LogP contribution in [-0.2, 0) is 24.1 Å². The van der Waals surface area contributed by atoms with Gasteiger partial charge in [-0.2, -0.15) is 18.4 Å². The first-order chi connectivity index (χ1) is 16.2. The molecule has 1 aliphatic rings. The van der Waals surface area contributed by atoms with Crippen molar-refractivity contribution in [2.24, 2.45) is 11.8 Å². The number of alkyl halides is 3. The summed E-state index contributed by atoms with van der Waals surface area (Å²) in [5.41, 5.74) is 2.00. The summed E-state index contributed by atoms with van der Waals surface area (Å²) in [4.78, 5) is 13.5. The van der Waals surface area contributed by atoms with E-state index in [1.54, 1.807) is 24.3 Å². The standard InChI is InChI=1S/C25H29ClF3N3OS/c1-3-16(4-2)23(33)32-24-21(13-30)20-10-9-19(12-22(20)34-24)31-14-17(25(27,28)29)11-15-5-7-18(26)8-6-15/h5-8,16-17,19,31H,3-4,9-12,14H2,1-2H3,(H,32,33). The fourth-order valence-corrected chi connectivity index (χ4v) is 5.76. The van der Waals surface area contributed by atoms with Crippen molar-refractivity contribution < 1.29 is 18.0 Å². The minimum atomic E-state index is -4.32. The number of hydrogen-bond donors (Lipinski definition) is 2. The van der Waals surface area contributed by atoms with Crippen molar-refractivity contribution in [3.8, 4) is 6.07 Å². The topological polar surface area (TPSA) is 64.9 Å². The third-order valence-corrected chi connectivity index (χ3v) is 7.90. The van der Waals surface area contributed by atoms with Gasteiger partial charge in [0.15, 0.2) is 0 Å². The van der Waals surface area contributed by atoms with Crippen molar-refractivity contribution in [2.45, 2.75) is 64.6 Å². The average Bonchev–Trinajstić information content (AvgIpc) is 3.13. The Hall–Kier alpha value is -2.08. The zero-order valence-electron chi connectivity index (χ0n) is 19.3. The molecule has 1 aromatic carbocycles. The smallest absolute Gasteiger partial charge is 0.316 e. The molecule has 2 unspecified atom stereocenters. The largest absolute Gasteiger partial charge is 0.393 e. The number of nitriles is 1. The van der Waals surface area contributed by atoms with Gasteiger partial charge in [-0.3, -0.25) is 4.79 Å². The third kappa shape index (κ3) is 6.53. The van der Waals surface area contributed by atoms with E-state index < -0.39 is 12.1 Å². The quantitative estimate of drug-likeness (QED) is 0.403. The van der Waals surface area contributed by atoms with Gasteiger partial charge in [-0.25, -0.2) is 0 Å². The minimum Gasteiger partial charge on any atom is -0.316 e. The van der Waals surface area contributed by atoms with Crippen LogP contribution in [0.1, 0.15) is 54.7 Å². The van der Waals surface area contributed by atoms with E-state index in [9.17, 15) is 23.2 Å². The van der Waals surface area contributed by atoms with Gasteiger partial charge in [0.05, 0.1) is 11.5 Å². The summed E-state index contributed by atoms with van der Waals surface area (Å²) in [5.74, 6) is -1.71. The highest BCUT2D eigenvalue weighted by atomic mass is 35.5. The van der Waals surface area contributed by atoms with Crippen LogP contribution in [0.15, 0.2) is 24.3 Å². The molecule has 0 saturated heterocycles. The van der Waals surface area contributed by atoms with Gasteiger partial charge < -0.3 is 10.6 Å². The molecular weight excluding hydrogens is 483 g/mol. The maximum Gasteiger partial charge on any atom is 0.393 e. The molecule has 3 rings (SSSR count). The lowest BCUT2D eigenvalue weighted by atomic mass is 9.91. The molecule has 2 aromatic rings. The molecule has 4 nitrogen and oxygen atoms in total. The first kappa shape index (κ1) is 26.5. The number of fused-ring (bicyclic) bond motifs is 1. The number of carbonyl (C=O) groups is 1. The van der Waals surface area contributed by atoms with E-state index in [2.05, 4.69) is 16.7 Å². The molecule has 0 fully saturated rings. The van der Waals surface area contributed by atoms with E-state index in [-0.39, 0.29) is 30.8 Å². The molecule has 0 radical (unpaired) electrons. The van der Waals surface area contributed by atoms with Crippen LogP contribution in [0.5, 0.6) is 0 Å². The van der Waals surface area contributed by atoms with E-state index in [0.717, 1.165) is 23.3 Å². The van der Waals surface area contributed by atoms with Crippen molar-refractivity contribution >= 4 is 33.8 Å². The predicted octanol–water partition coefficient (Wildman–Crippen LogP) is 6.52. The number of amides is 1. The highest BCUT2D eigenvalue weighted by molar-refractivity contribution is 7.16. The number of anilines is 1. The summed E-state index contributed by atoms with van der Waals surface area (Å²) in [5, 5.41) is 16.8. The predicted molar refractivity (Wildman–Crippen MR) is 130 cm³/mol. The van der Waals surface area contributed by atoms with Gasteiger partial charge in [-0.05, 0) is 61.8 Å². The lowest BCUT2D eigenvalue weighted by molar-refractivity contribution is -0.173. The van der Waals surface area contributed by atoms with Gasteiger partial charge in [0, 0.05) is 28.4 Å². The maximum atomic E-state index is 13.7. The van der Waals surface area contributed by atoms with Crippen LogP contribution in [0, 0.1) is 23.2 Å². The summed E-state index contributed by atoms with van der Waals surface area (Å²) in [6.45, 7) is 3.73. The molecule has 0 aliphatic heterocycles. The van der Waals surface area contributed by atoms with E-state index >= 15 is 0 Å². The Labute approximate surface area is 207 Å². The molecule has 34 heavy (non-hydrogen) atoms. The van der Waals surface area contributed by atoms with Gasteiger partial charge in [0.25, 0.3) is 0 Å². The minimum absolute atomic E-state index is 0.0926. The lowest BCUT2D eigenvalue weighted by Gasteiger charge is -2.27.